The minimum atomic E-state index is -4.70. The highest BCUT2D eigenvalue weighted by Gasteiger charge is 2.31. The van der Waals surface area contributed by atoms with Gasteiger partial charge in [-0.15, -0.1) is 0 Å². The maximum Gasteiger partial charge on any atom is 0.416 e. The largest absolute Gasteiger partial charge is 0.416 e. The molecule has 0 bridgehead atoms. The fourth-order valence-electron chi connectivity index (χ4n) is 2.24. The quantitative estimate of drug-likeness (QED) is 0.749. The van der Waals surface area contributed by atoms with Gasteiger partial charge in [0.05, 0.1) is 21.0 Å². The molecular formula is C17H19F3N2O4S2. The standard InChI is InChI=1S/C17H19F3N2O4S2/c1-16(2,3)22-28(25,26)15-9-5-7-13(11-15)21-27(23,24)14-8-4-6-12(10-14)17(18,19)20/h4-11,21-22H,1-3H3. The Bertz CT molecular complexity index is 1070. The summed E-state index contributed by atoms with van der Waals surface area (Å²) in [6.45, 7) is 4.93. The smallest absolute Gasteiger partial charge is 0.280 e. The zero-order chi connectivity index (χ0) is 21.4. The Morgan fingerprint density at radius 2 is 1.32 bits per heavy atom. The van der Waals surface area contributed by atoms with E-state index >= 15 is 0 Å². The van der Waals surface area contributed by atoms with E-state index < -0.39 is 42.2 Å². The Labute approximate surface area is 161 Å². The van der Waals surface area contributed by atoms with Gasteiger partial charge in [-0.2, -0.15) is 13.2 Å². The first-order valence-corrected chi connectivity index (χ1v) is 10.9. The van der Waals surface area contributed by atoms with Crippen molar-refractivity contribution in [2.75, 3.05) is 4.72 Å². The first kappa shape index (κ1) is 22.2. The lowest BCUT2D eigenvalue weighted by molar-refractivity contribution is -0.137. The predicted molar refractivity (Wildman–Crippen MR) is 98.8 cm³/mol. The highest BCUT2D eigenvalue weighted by atomic mass is 32.2. The Hall–Kier alpha value is -2.11. The molecule has 2 aromatic carbocycles. The topological polar surface area (TPSA) is 92.3 Å². The zero-order valence-corrected chi connectivity index (χ0v) is 16.8. The number of anilines is 1. The van der Waals surface area contributed by atoms with E-state index in [-0.39, 0.29) is 10.6 Å². The van der Waals surface area contributed by atoms with Gasteiger partial charge in [-0.25, -0.2) is 21.6 Å². The minimum absolute atomic E-state index is 0.103. The van der Waals surface area contributed by atoms with Crippen molar-refractivity contribution in [1.82, 2.24) is 4.72 Å². The summed E-state index contributed by atoms with van der Waals surface area (Å²) >= 11 is 0. The SMILES string of the molecule is CC(C)(C)NS(=O)(=O)c1cccc(NS(=O)(=O)c2cccc(C(F)(F)F)c2)c1. The number of halogens is 3. The molecule has 0 spiro atoms. The number of sulfonamides is 2. The molecule has 0 saturated carbocycles. The van der Waals surface area contributed by atoms with Gasteiger partial charge in [0, 0.05) is 5.54 Å². The molecule has 0 aliphatic heterocycles. The fourth-order valence-corrected chi connectivity index (χ4v) is 4.80. The van der Waals surface area contributed by atoms with Gasteiger partial charge in [0.25, 0.3) is 10.0 Å². The molecule has 0 unspecified atom stereocenters. The normalized spacial score (nSPS) is 13.4. The average Bonchev–Trinajstić information content (AvgIpc) is 2.52. The highest BCUT2D eigenvalue weighted by Crippen LogP contribution is 2.31. The molecule has 28 heavy (non-hydrogen) atoms. The molecule has 11 heteroatoms. The molecule has 154 valence electrons. The Morgan fingerprint density at radius 1 is 0.786 bits per heavy atom. The zero-order valence-electron chi connectivity index (χ0n) is 15.2. The van der Waals surface area contributed by atoms with Crippen LogP contribution < -0.4 is 9.44 Å². The molecule has 0 aliphatic rings. The second-order valence-corrected chi connectivity index (χ2v) is 10.4. The second-order valence-electron chi connectivity index (χ2n) is 7.01. The molecule has 0 aliphatic carbocycles. The van der Waals surface area contributed by atoms with Gasteiger partial charge in [-0.3, -0.25) is 4.72 Å². The number of alkyl halides is 3. The van der Waals surface area contributed by atoms with Gasteiger partial charge in [0.15, 0.2) is 0 Å². The molecule has 6 nitrogen and oxygen atoms in total. The molecule has 0 saturated heterocycles. The van der Waals surface area contributed by atoms with Crippen molar-refractivity contribution in [2.24, 2.45) is 0 Å². The van der Waals surface area contributed by atoms with Crippen LogP contribution in [0.1, 0.15) is 26.3 Å². The van der Waals surface area contributed by atoms with Crippen molar-refractivity contribution >= 4 is 25.7 Å². The van der Waals surface area contributed by atoms with E-state index in [1.165, 1.54) is 18.2 Å². The molecule has 0 atom stereocenters. The summed E-state index contributed by atoms with van der Waals surface area (Å²) in [6.07, 6.45) is -4.70. The van der Waals surface area contributed by atoms with Crippen molar-refractivity contribution in [3.63, 3.8) is 0 Å². The summed E-state index contributed by atoms with van der Waals surface area (Å²) in [5.41, 5.74) is -1.97. The third kappa shape index (κ3) is 5.69. The van der Waals surface area contributed by atoms with Crippen LogP contribution in [-0.4, -0.2) is 22.4 Å². The number of rotatable bonds is 5. The maximum absolute atomic E-state index is 12.8. The van der Waals surface area contributed by atoms with E-state index in [1.54, 1.807) is 20.8 Å². The summed E-state index contributed by atoms with van der Waals surface area (Å²) in [5, 5.41) is 0. The van der Waals surface area contributed by atoms with E-state index in [0.717, 1.165) is 24.3 Å². The van der Waals surface area contributed by atoms with E-state index in [9.17, 15) is 30.0 Å². The Kier molecular flexibility index (Phi) is 5.84. The molecule has 0 radical (unpaired) electrons. The van der Waals surface area contributed by atoms with E-state index in [0.29, 0.717) is 6.07 Å². The Balaban J connectivity index is 2.36. The molecule has 2 N–H and O–H groups in total. The third-order valence-electron chi connectivity index (χ3n) is 3.31. The molecule has 0 aromatic heterocycles. The monoisotopic (exact) mass is 436 g/mol. The predicted octanol–water partition coefficient (Wildman–Crippen LogP) is 3.58. The lowest BCUT2D eigenvalue weighted by Crippen LogP contribution is -2.40. The van der Waals surface area contributed by atoms with Crippen molar-refractivity contribution in [1.29, 1.82) is 0 Å². The summed E-state index contributed by atoms with van der Waals surface area (Å²) in [7, 11) is -8.28. The van der Waals surface area contributed by atoms with Crippen LogP contribution >= 0.6 is 0 Å². The lowest BCUT2D eigenvalue weighted by atomic mass is 10.1. The first-order valence-electron chi connectivity index (χ1n) is 7.94. The van der Waals surface area contributed by atoms with Crippen LogP contribution in [0.2, 0.25) is 0 Å². The van der Waals surface area contributed by atoms with Crippen molar-refractivity contribution in [3.8, 4) is 0 Å². The van der Waals surface area contributed by atoms with Gasteiger partial charge < -0.3 is 0 Å². The highest BCUT2D eigenvalue weighted by molar-refractivity contribution is 7.92. The van der Waals surface area contributed by atoms with Crippen LogP contribution in [0.5, 0.6) is 0 Å². The van der Waals surface area contributed by atoms with Crippen molar-refractivity contribution in [3.05, 3.63) is 54.1 Å². The molecule has 0 heterocycles. The van der Waals surface area contributed by atoms with Gasteiger partial charge in [0.1, 0.15) is 0 Å². The van der Waals surface area contributed by atoms with Gasteiger partial charge >= 0.3 is 6.18 Å². The van der Waals surface area contributed by atoms with Crippen molar-refractivity contribution < 1.29 is 30.0 Å². The van der Waals surface area contributed by atoms with Gasteiger partial charge in [-0.05, 0) is 57.2 Å². The number of hydrogen-bond donors (Lipinski definition) is 2. The first-order chi connectivity index (χ1) is 12.6. The lowest BCUT2D eigenvalue weighted by Gasteiger charge is -2.20. The van der Waals surface area contributed by atoms with Crippen molar-refractivity contribution in [2.45, 2.75) is 42.3 Å². The molecule has 0 amide bonds. The summed E-state index contributed by atoms with van der Waals surface area (Å²) in [5.74, 6) is 0. The molecule has 2 rings (SSSR count). The van der Waals surface area contributed by atoms with Crippen LogP contribution in [0.25, 0.3) is 0 Å². The fraction of sp³-hybridized carbons (Fsp3) is 0.294. The minimum Gasteiger partial charge on any atom is -0.280 e. The van der Waals surface area contributed by atoms with Crippen LogP contribution in [-0.2, 0) is 26.2 Å². The average molecular weight is 436 g/mol. The number of benzene rings is 2. The third-order valence-corrected chi connectivity index (χ3v) is 6.44. The Morgan fingerprint density at radius 3 is 1.86 bits per heavy atom. The van der Waals surface area contributed by atoms with Crippen LogP contribution in [0.3, 0.4) is 0 Å². The van der Waals surface area contributed by atoms with Crippen LogP contribution in [0.4, 0.5) is 18.9 Å². The maximum atomic E-state index is 12.8. The van der Waals surface area contributed by atoms with E-state index in [1.807, 2.05) is 0 Å². The number of nitrogens with one attached hydrogen (secondary N) is 2. The van der Waals surface area contributed by atoms with Crippen LogP contribution in [0, 0.1) is 0 Å². The second kappa shape index (κ2) is 7.37. The summed E-state index contributed by atoms with van der Waals surface area (Å²) in [4.78, 5) is -0.782. The van der Waals surface area contributed by atoms with E-state index in [4.69, 9.17) is 0 Å². The molecular weight excluding hydrogens is 417 g/mol. The molecule has 2 aromatic rings. The van der Waals surface area contributed by atoms with E-state index in [2.05, 4.69) is 9.44 Å². The summed E-state index contributed by atoms with van der Waals surface area (Å²) < 4.78 is 92.6. The van der Waals surface area contributed by atoms with Gasteiger partial charge in [-0.1, -0.05) is 12.1 Å². The summed E-state index contributed by atoms with van der Waals surface area (Å²) in [6, 6.07) is 8.22. The molecule has 0 fully saturated rings. The van der Waals surface area contributed by atoms with Gasteiger partial charge in [0.2, 0.25) is 10.0 Å². The number of hydrogen-bond acceptors (Lipinski definition) is 4. The van der Waals surface area contributed by atoms with Crippen LogP contribution in [0.15, 0.2) is 58.3 Å².